The van der Waals surface area contributed by atoms with Crippen LogP contribution in [-0.4, -0.2) is 58.6 Å². The quantitative estimate of drug-likeness (QED) is 0.565. The number of hydroxylamine groups is 4. The van der Waals surface area contributed by atoms with E-state index in [1.54, 1.807) is 0 Å². The van der Waals surface area contributed by atoms with Gasteiger partial charge in [-0.2, -0.15) is 0 Å². The van der Waals surface area contributed by atoms with Gasteiger partial charge < -0.3 is 16.0 Å². The molecule has 4 rings (SSSR count). The third-order valence-electron chi connectivity index (χ3n) is 4.18. The van der Waals surface area contributed by atoms with Crippen LogP contribution in [0.2, 0.25) is 0 Å². The van der Waals surface area contributed by atoms with Gasteiger partial charge in [0, 0.05) is 22.7 Å². The zero-order valence-corrected chi connectivity index (χ0v) is 14.6. The van der Waals surface area contributed by atoms with Crippen LogP contribution in [0.4, 0.5) is 22.7 Å². The van der Waals surface area contributed by atoms with Crippen molar-refractivity contribution in [2.24, 2.45) is 9.98 Å². The maximum Gasteiger partial charge on any atom is 0.222 e. The number of rotatable bonds is 4. The van der Waals surface area contributed by atoms with Crippen molar-refractivity contribution < 1.29 is 10.4 Å². The summed E-state index contributed by atoms with van der Waals surface area (Å²) in [7, 11) is 0. The van der Waals surface area contributed by atoms with E-state index in [2.05, 4.69) is 25.9 Å². The van der Waals surface area contributed by atoms with E-state index < -0.39 is 0 Å². The van der Waals surface area contributed by atoms with Gasteiger partial charge in [0.05, 0.1) is 26.2 Å². The van der Waals surface area contributed by atoms with E-state index in [1.165, 1.54) is 0 Å². The number of nitrogens with zero attached hydrogens (tertiary/aromatic N) is 4. The van der Waals surface area contributed by atoms with Crippen LogP contribution in [-0.2, 0) is 0 Å². The van der Waals surface area contributed by atoms with Crippen LogP contribution in [0.3, 0.4) is 0 Å². The Balaban J connectivity index is 1.39. The zero-order chi connectivity index (χ0) is 18.6. The second-order valence-corrected chi connectivity index (χ2v) is 6.19. The molecule has 0 unspecified atom stereocenters. The normalized spacial score (nSPS) is 16.2. The average Bonchev–Trinajstić information content (AvgIpc) is 3.26. The highest BCUT2D eigenvalue weighted by Gasteiger charge is 2.15. The Bertz CT molecular complexity index is 866. The Hall–Kier alpha value is -3.30. The van der Waals surface area contributed by atoms with Gasteiger partial charge in [-0.15, -0.1) is 0 Å². The molecule has 2 heterocycles. The fourth-order valence-corrected chi connectivity index (χ4v) is 2.82. The maximum atomic E-state index is 9.69. The largest absolute Gasteiger partial charge is 0.355 e. The lowest BCUT2D eigenvalue weighted by Gasteiger charge is -2.15. The third kappa shape index (κ3) is 4.10. The number of anilines is 4. The Labute approximate surface area is 156 Å². The van der Waals surface area contributed by atoms with Crippen LogP contribution in [0.5, 0.6) is 0 Å². The lowest BCUT2D eigenvalue weighted by atomic mass is 10.2. The summed E-state index contributed by atoms with van der Waals surface area (Å²) in [6.45, 7) is 2.18. The number of nitrogens with one attached hydrogen (secondary N) is 3. The van der Waals surface area contributed by atoms with E-state index in [0.29, 0.717) is 38.1 Å². The number of hydrogen-bond acceptors (Lipinski definition) is 9. The van der Waals surface area contributed by atoms with Crippen LogP contribution < -0.4 is 16.0 Å². The van der Waals surface area contributed by atoms with Gasteiger partial charge in [0.2, 0.25) is 11.9 Å². The molecule has 0 aliphatic carbocycles. The molecular weight excluding hydrogens is 346 g/mol. The lowest BCUT2D eigenvalue weighted by Crippen LogP contribution is -2.29. The fourth-order valence-electron chi connectivity index (χ4n) is 2.82. The van der Waals surface area contributed by atoms with Gasteiger partial charge >= 0.3 is 0 Å². The van der Waals surface area contributed by atoms with Crippen molar-refractivity contribution in [1.29, 1.82) is 0 Å². The van der Waals surface area contributed by atoms with Gasteiger partial charge in [0.15, 0.2) is 0 Å². The van der Waals surface area contributed by atoms with Crippen LogP contribution in [0.25, 0.3) is 0 Å². The van der Waals surface area contributed by atoms with Crippen LogP contribution >= 0.6 is 0 Å². The second-order valence-electron chi connectivity index (χ2n) is 6.19. The smallest absolute Gasteiger partial charge is 0.222 e. The highest BCUT2D eigenvalue weighted by molar-refractivity contribution is 5.95. The summed E-state index contributed by atoms with van der Waals surface area (Å²) in [5.41, 5.74) is 3.51. The van der Waals surface area contributed by atoms with Gasteiger partial charge in [-0.3, -0.25) is 10.4 Å². The molecule has 0 amide bonds. The molecule has 2 aliphatic heterocycles. The predicted octanol–water partition coefficient (Wildman–Crippen LogP) is 2.38. The van der Waals surface area contributed by atoms with E-state index in [9.17, 15) is 10.4 Å². The molecule has 9 heteroatoms. The van der Waals surface area contributed by atoms with Crippen molar-refractivity contribution in [1.82, 2.24) is 10.1 Å². The van der Waals surface area contributed by atoms with Gasteiger partial charge in [0.1, 0.15) is 0 Å². The fraction of sp³-hybridized carbons (Fsp3) is 0.222. The first-order chi connectivity index (χ1) is 13.2. The van der Waals surface area contributed by atoms with Crippen molar-refractivity contribution in [3.8, 4) is 0 Å². The Kier molecular flexibility index (Phi) is 4.77. The van der Waals surface area contributed by atoms with E-state index in [-0.39, 0.29) is 0 Å². The average molecular weight is 367 g/mol. The lowest BCUT2D eigenvalue weighted by molar-refractivity contribution is -0.00284. The maximum absolute atomic E-state index is 9.69. The molecule has 0 aromatic heterocycles. The van der Waals surface area contributed by atoms with Gasteiger partial charge in [-0.05, 0) is 42.5 Å². The third-order valence-corrected chi connectivity index (χ3v) is 4.18. The van der Waals surface area contributed by atoms with Gasteiger partial charge in [0.25, 0.3) is 0 Å². The molecule has 5 N–H and O–H groups in total. The summed E-state index contributed by atoms with van der Waals surface area (Å²) >= 11 is 0. The molecule has 0 saturated heterocycles. The summed E-state index contributed by atoms with van der Waals surface area (Å²) in [6.07, 6.45) is 0. The first kappa shape index (κ1) is 17.1. The highest BCUT2D eigenvalue weighted by Crippen LogP contribution is 2.22. The molecule has 2 aromatic carbocycles. The molecule has 0 radical (unpaired) electrons. The minimum absolute atomic E-state index is 0.454. The molecule has 140 valence electrons. The molecule has 2 aromatic rings. The molecule has 0 spiro atoms. The van der Waals surface area contributed by atoms with Crippen molar-refractivity contribution in [3.63, 3.8) is 0 Å². The first-order valence-corrected chi connectivity index (χ1v) is 8.70. The molecule has 27 heavy (non-hydrogen) atoms. The van der Waals surface area contributed by atoms with Crippen molar-refractivity contribution in [2.45, 2.75) is 0 Å². The van der Waals surface area contributed by atoms with E-state index in [1.807, 2.05) is 48.5 Å². The monoisotopic (exact) mass is 367 g/mol. The Morgan fingerprint density at radius 3 is 1.67 bits per heavy atom. The van der Waals surface area contributed by atoms with Gasteiger partial charge in [-0.1, -0.05) is 6.07 Å². The van der Waals surface area contributed by atoms with E-state index in [4.69, 9.17) is 0 Å². The number of guanidine groups is 2. The van der Waals surface area contributed by atoms with Crippen LogP contribution in [0.15, 0.2) is 58.5 Å². The van der Waals surface area contributed by atoms with Crippen molar-refractivity contribution >= 4 is 34.7 Å². The predicted molar refractivity (Wildman–Crippen MR) is 105 cm³/mol. The highest BCUT2D eigenvalue weighted by atomic mass is 16.5. The topological polar surface area (TPSA) is 108 Å². The summed E-state index contributed by atoms with van der Waals surface area (Å²) in [5.74, 6) is 0.914. The first-order valence-electron chi connectivity index (χ1n) is 8.70. The molecule has 0 saturated carbocycles. The minimum atomic E-state index is 0.454. The van der Waals surface area contributed by atoms with Gasteiger partial charge in [-0.25, -0.2) is 20.1 Å². The summed E-state index contributed by atoms with van der Waals surface area (Å²) < 4.78 is 0. The van der Waals surface area contributed by atoms with Crippen LogP contribution in [0, 0.1) is 0 Å². The van der Waals surface area contributed by atoms with Crippen molar-refractivity contribution in [3.05, 3.63) is 48.5 Å². The number of benzene rings is 2. The molecule has 0 bridgehead atoms. The SMILES string of the molecule is ON1CCN=C1Nc1ccc(Nc2cccc(NC3=NCCN3O)c2)cc1. The summed E-state index contributed by atoms with van der Waals surface area (Å²) in [5, 5.41) is 31.1. The molecule has 0 fully saturated rings. The summed E-state index contributed by atoms with van der Waals surface area (Å²) in [6, 6.07) is 15.4. The molecular formula is C18H21N7O2. The van der Waals surface area contributed by atoms with Crippen LogP contribution in [0.1, 0.15) is 0 Å². The summed E-state index contributed by atoms with van der Waals surface area (Å²) in [4.78, 5) is 8.39. The number of aliphatic imine (C=N–C) groups is 2. The number of hydrogen-bond donors (Lipinski definition) is 5. The molecule has 9 nitrogen and oxygen atoms in total. The van der Waals surface area contributed by atoms with E-state index in [0.717, 1.165) is 32.9 Å². The Morgan fingerprint density at radius 1 is 0.667 bits per heavy atom. The molecule has 0 atom stereocenters. The Morgan fingerprint density at radius 2 is 1.15 bits per heavy atom. The standard InChI is InChI=1S/C18H21N7O2/c26-24-10-8-19-17(24)22-14-6-4-13(5-7-14)21-15-2-1-3-16(12-15)23-18-20-9-11-25(18)27/h1-7,12,21,26-27H,8-11H2,(H,19,22)(H,20,23). The second kappa shape index (κ2) is 7.52. The van der Waals surface area contributed by atoms with Crippen molar-refractivity contribution in [2.75, 3.05) is 42.1 Å². The minimum Gasteiger partial charge on any atom is -0.355 e. The van der Waals surface area contributed by atoms with E-state index >= 15 is 0 Å². The molecule has 2 aliphatic rings. The zero-order valence-electron chi connectivity index (χ0n) is 14.6.